The van der Waals surface area contributed by atoms with E-state index in [1.165, 1.54) is 6.07 Å². The third-order valence-electron chi connectivity index (χ3n) is 1.39. The SMILES string of the molecule is N#Cc1cc(C(F)F)c(N)nc1F. The number of nitrogens with two attached hydrogens (primary N) is 1. The van der Waals surface area contributed by atoms with Gasteiger partial charge in [0.15, 0.2) is 0 Å². The van der Waals surface area contributed by atoms with Crippen LogP contribution < -0.4 is 5.73 Å². The molecule has 0 radical (unpaired) electrons. The number of nitriles is 1. The van der Waals surface area contributed by atoms with Gasteiger partial charge >= 0.3 is 0 Å². The van der Waals surface area contributed by atoms with Gasteiger partial charge in [-0.15, -0.1) is 0 Å². The van der Waals surface area contributed by atoms with Crippen molar-refractivity contribution < 1.29 is 13.2 Å². The van der Waals surface area contributed by atoms with Gasteiger partial charge in [0.25, 0.3) is 6.43 Å². The summed E-state index contributed by atoms with van der Waals surface area (Å²) in [5.74, 6) is -1.73. The second-order valence-electron chi connectivity index (χ2n) is 2.21. The average Bonchev–Trinajstić information content (AvgIpc) is 2.03. The van der Waals surface area contributed by atoms with E-state index in [0.29, 0.717) is 6.07 Å². The molecule has 0 saturated heterocycles. The molecular weight excluding hydrogens is 183 g/mol. The van der Waals surface area contributed by atoms with Crippen LogP contribution >= 0.6 is 0 Å². The second-order valence-corrected chi connectivity index (χ2v) is 2.21. The number of hydrogen-bond donors (Lipinski definition) is 1. The maximum absolute atomic E-state index is 12.6. The molecule has 0 saturated carbocycles. The maximum Gasteiger partial charge on any atom is 0.267 e. The molecule has 0 bridgehead atoms. The molecule has 0 aliphatic carbocycles. The van der Waals surface area contributed by atoms with Crippen LogP contribution in [0.2, 0.25) is 0 Å². The largest absolute Gasteiger partial charge is 0.383 e. The lowest BCUT2D eigenvalue weighted by atomic mass is 10.2. The maximum atomic E-state index is 12.6. The van der Waals surface area contributed by atoms with Crippen LogP contribution in [0.4, 0.5) is 19.0 Å². The molecule has 0 fully saturated rings. The van der Waals surface area contributed by atoms with Gasteiger partial charge in [-0.05, 0) is 6.07 Å². The number of pyridine rings is 1. The predicted molar refractivity (Wildman–Crippen MR) is 38.3 cm³/mol. The highest BCUT2D eigenvalue weighted by Gasteiger charge is 2.16. The Morgan fingerprint density at radius 1 is 1.54 bits per heavy atom. The highest BCUT2D eigenvalue weighted by atomic mass is 19.3. The summed E-state index contributed by atoms with van der Waals surface area (Å²) in [6.07, 6.45) is -2.86. The molecule has 1 heterocycles. The van der Waals surface area contributed by atoms with Crippen LogP contribution in [-0.4, -0.2) is 4.98 Å². The molecule has 68 valence electrons. The van der Waals surface area contributed by atoms with Crippen LogP contribution in [0.5, 0.6) is 0 Å². The first-order valence-corrected chi connectivity index (χ1v) is 3.20. The minimum atomic E-state index is -2.86. The number of anilines is 1. The fraction of sp³-hybridized carbons (Fsp3) is 0.143. The molecule has 0 aromatic carbocycles. The van der Waals surface area contributed by atoms with E-state index in [-0.39, 0.29) is 0 Å². The van der Waals surface area contributed by atoms with Crippen molar-refractivity contribution in [3.05, 3.63) is 23.1 Å². The Morgan fingerprint density at radius 2 is 2.15 bits per heavy atom. The fourth-order valence-electron chi connectivity index (χ4n) is 0.773. The van der Waals surface area contributed by atoms with E-state index >= 15 is 0 Å². The zero-order chi connectivity index (χ0) is 10.0. The first kappa shape index (κ1) is 9.32. The Bertz CT molecular complexity index is 370. The number of halogens is 3. The van der Waals surface area contributed by atoms with Gasteiger partial charge in [0.2, 0.25) is 5.95 Å². The molecule has 1 aromatic rings. The highest BCUT2D eigenvalue weighted by molar-refractivity contribution is 5.45. The first-order valence-electron chi connectivity index (χ1n) is 3.20. The van der Waals surface area contributed by atoms with Gasteiger partial charge in [-0.3, -0.25) is 0 Å². The van der Waals surface area contributed by atoms with Gasteiger partial charge in [-0.1, -0.05) is 0 Å². The molecule has 0 amide bonds. The van der Waals surface area contributed by atoms with Gasteiger partial charge in [0.1, 0.15) is 17.5 Å². The van der Waals surface area contributed by atoms with E-state index in [1.807, 2.05) is 0 Å². The summed E-state index contributed by atoms with van der Waals surface area (Å²) in [4.78, 5) is 2.97. The van der Waals surface area contributed by atoms with Crippen molar-refractivity contribution in [3.8, 4) is 6.07 Å². The lowest BCUT2D eigenvalue weighted by molar-refractivity contribution is 0.151. The second kappa shape index (κ2) is 3.31. The molecule has 0 unspecified atom stereocenters. The molecule has 0 spiro atoms. The van der Waals surface area contributed by atoms with E-state index < -0.39 is 29.3 Å². The summed E-state index contributed by atoms with van der Waals surface area (Å²) in [6.45, 7) is 0. The van der Waals surface area contributed by atoms with Crippen LogP contribution in [0.15, 0.2) is 6.07 Å². The van der Waals surface area contributed by atoms with E-state index in [9.17, 15) is 13.2 Å². The van der Waals surface area contributed by atoms with Gasteiger partial charge in [0.05, 0.1) is 5.56 Å². The van der Waals surface area contributed by atoms with Gasteiger partial charge < -0.3 is 5.73 Å². The Morgan fingerprint density at radius 3 is 2.62 bits per heavy atom. The minimum Gasteiger partial charge on any atom is -0.383 e. The van der Waals surface area contributed by atoms with Crippen molar-refractivity contribution in [2.75, 3.05) is 5.73 Å². The number of alkyl halides is 2. The molecule has 13 heavy (non-hydrogen) atoms. The van der Waals surface area contributed by atoms with Crippen LogP contribution in [0.1, 0.15) is 17.6 Å². The summed E-state index contributed by atoms with van der Waals surface area (Å²) >= 11 is 0. The zero-order valence-corrected chi connectivity index (χ0v) is 6.26. The summed E-state index contributed by atoms with van der Waals surface area (Å²) in [7, 11) is 0. The minimum absolute atomic E-state index is 0.537. The van der Waals surface area contributed by atoms with E-state index in [4.69, 9.17) is 11.0 Å². The lowest BCUT2D eigenvalue weighted by Crippen LogP contribution is -2.02. The molecule has 1 rings (SSSR count). The van der Waals surface area contributed by atoms with E-state index in [1.54, 1.807) is 0 Å². The molecule has 2 N–H and O–H groups in total. The van der Waals surface area contributed by atoms with E-state index in [0.717, 1.165) is 0 Å². The molecule has 0 atom stereocenters. The number of nitrogen functional groups attached to an aromatic ring is 1. The molecule has 0 aliphatic rings. The first-order chi connectivity index (χ1) is 6.06. The predicted octanol–water partition coefficient (Wildman–Crippen LogP) is 1.61. The molecule has 1 aromatic heterocycles. The lowest BCUT2D eigenvalue weighted by Gasteiger charge is -2.03. The van der Waals surface area contributed by atoms with Crippen molar-refractivity contribution in [3.63, 3.8) is 0 Å². The molecule has 6 heteroatoms. The highest BCUT2D eigenvalue weighted by Crippen LogP contribution is 2.24. The zero-order valence-electron chi connectivity index (χ0n) is 6.26. The Balaban J connectivity index is 3.33. The van der Waals surface area contributed by atoms with Crippen LogP contribution in [0.25, 0.3) is 0 Å². The number of rotatable bonds is 1. The van der Waals surface area contributed by atoms with Crippen molar-refractivity contribution in [1.82, 2.24) is 4.98 Å². The standard InChI is InChI=1S/C7H4F3N3/c8-5(9)4-1-3(2-11)6(10)13-7(4)12/h1,5H,(H2,12,13). The normalized spacial score (nSPS) is 10.1. The Labute approximate surface area is 71.6 Å². The van der Waals surface area contributed by atoms with Gasteiger partial charge in [0, 0.05) is 0 Å². The molecular formula is C7H4F3N3. The summed E-state index contributed by atoms with van der Waals surface area (Å²) in [6, 6.07) is 2.09. The van der Waals surface area contributed by atoms with Gasteiger partial charge in [-0.2, -0.15) is 9.65 Å². The molecule has 3 nitrogen and oxygen atoms in total. The van der Waals surface area contributed by atoms with Crippen molar-refractivity contribution in [2.24, 2.45) is 0 Å². The van der Waals surface area contributed by atoms with Crippen molar-refractivity contribution in [2.45, 2.75) is 6.43 Å². The Hall–Kier alpha value is -1.77. The third-order valence-corrected chi connectivity index (χ3v) is 1.39. The quantitative estimate of drug-likeness (QED) is 0.679. The topological polar surface area (TPSA) is 62.7 Å². The summed E-state index contributed by atoms with van der Waals surface area (Å²) in [5.41, 5.74) is 3.84. The number of aromatic nitrogens is 1. The summed E-state index contributed by atoms with van der Waals surface area (Å²) < 4.78 is 36.9. The third kappa shape index (κ3) is 1.69. The number of nitrogens with zero attached hydrogens (tertiary/aromatic N) is 2. The van der Waals surface area contributed by atoms with Crippen molar-refractivity contribution in [1.29, 1.82) is 5.26 Å². The Kier molecular flexibility index (Phi) is 2.37. The fourth-order valence-corrected chi connectivity index (χ4v) is 0.773. The molecule has 0 aliphatic heterocycles. The monoisotopic (exact) mass is 187 g/mol. The van der Waals surface area contributed by atoms with Crippen LogP contribution in [0, 0.1) is 17.3 Å². The summed E-state index contributed by atoms with van der Waals surface area (Å²) in [5, 5.41) is 8.30. The van der Waals surface area contributed by atoms with Gasteiger partial charge in [-0.25, -0.2) is 13.8 Å². The number of hydrogen-bond acceptors (Lipinski definition) is 3. The van der Waals surface area contributed by atoms with Crippen LogP contribution in [-0.2, 0) is 0 Å². The average molecular weight is 187 g/mol. The van der Waals surface area contributed by atoms with Crippen molar-refractivity contribution >= 4 is 5.82 Å². The smallest absolute Gasteiger partial charge is 0.267 e. The van der Waals surface area contributed by atoms with E-state index in [2.05, 4.69) is 4.98 Å². The van der Waals surface area contributed by atoms with Crippen LogP contribution in [0.3, 0.4) is 0 Å².